The monoisotopic (exact) mass is 384 g/mol. The standard InChI is InChI=1S/C25H24N2O2/c1-16-6-8-18(9-7-16)15-29-20-12-10-19(11-13-20)24-21(14-26)17(2)27-22-4-3-5-23(28)25(22)24/h6-13,24,27H,3-5,15H2,1-2H3/t24-/m0/s1. The highest BCUT2D eigenvalue weighted by Gasteiger charge is 2.35. The van der Waals surface area contributed by atoms with Crippen LogP contribution in [0.4, 0.5) is 0 Å². The fourth-order valence-corrected chi connectivity index (χ4v) is 4.07. The van der Waals surface area contributed by atoms with Gasteiger partial charge in [-0.1, -0.05) is 42.0 Å². The van der Waals surface area contributed by atoms with E-state index >= 15 is 0 Å². The Hall–Kier alpha value is -3.32. The van der Waals surface area contributed by atoms with Crippen LogP contribution in [0, 0.1) is 18.3 Å². The second kappa shape index (κ2) is 7.97. The van der Waals surface area contributed by atoms with Crippen molar-refractivity contribution in [2.45, 2.75) is 45.6 Å². The number of carbonyl (C=O) groups excluding carboxylic acids is 1. The summed E-state index contributed by atoms with van der Waals surface area (Å²) in [6.45, 7) is 4.48. The normalized spacial score (nSPS) is 18.8. The number of ketones is 1. The largest absolute Gasteiger partial charge is 0.489 e. The summed E-state index contributed by atoms with van der Waals surface area (Å²) in [5.74, 6) is 0.616. The maximum atomic E-state index is 12.7. The molecular formula is C25H24N2O2. The van der Waals surface area contributed by atoms with Gasteiger partial charge in [0.2, 0.25) is 0 Å². The van der Waals surface area contributed by atoms with Crippen molar-refractivity contribution >= 4 is 5.78 Å². The van der Waals surface area contributed by atoms with Crippen LogP contribution in [0.25, 0.3) is 0 Å². The van der Waals surface area contributed by atoms with Crippen LogP contribution < -0.4 is 10.1 Å². The molecule has 1 aliphatic carbocycles. The van der Waals surface area contributed by atoms with Crippen molar-refractivity contribution in [3.8, 4) is 11.8 Å². The lowest BCUT2D eigenvalue weighted by molar-refractivity contribution is -0.116. The average molecular weight is 384 g/mol. The van der Waals surface area contributed by atoms with Crippen LogP contribution >= 0.6 is 0 Å². The van der Waals surface area contributed by atoms with Crippen molar-refractivity contribution < 1.29 is 9.53 Å². The molecule has 0 aromatic heterocycles. The summed E-state index contributed by atoms with van der Waals surface area (Å²) in [4.78, 5) is 12.7. The molecule has 4 nitrogen and oxygen atoms in total. The molecule has 1 heterocycles. The maximum Gasteiger partial charge on any atom is 0.161 e. The zero-order valence-corrected chi connectivity index (χ0v) is 16.8. The fourth-order valence-electron chi connectivity index (χ4n) is 4.07. The van der Waals surface area contributed by atoms with Crippen LogP contribution in [0.3, 0.4) is 0 Å². The fraction of sp³-hybridized carbons (Fsp3) is 0.280. The average Bonchev–Trinajstić information content (AvgIpc) is 2.73. The predicted octanol–water partition coefficient (Wildman–Crippen LogP) is 5.07. The van der Waals surface area contributed by atoms with Gasteiger partial charge in [0.15, 0.2) is 5.78 Å². The molecule has 146 valence electrons. The Kier molecular flexibility index (Phi) is 5.22. The first-order valence-corrected chi connectivity index (χ1v) is 9.99. The summed E-state index contributed by atoms with van der Waals surface area (Å²) in [7, 11) is 0. The number of nitriles is 1. The number of aryl methyl sites for hydroxylation is 1. The van der Waals surface area contributed by atoms with E-state index in [-0.39, 0.29) is 11.7 Å². The van der Waals surface area contributed by atoms with Crippen molar-refractivity contribution in [1.29, 1.82) is 5.26 Å². The van der Waals surface area contributed by atoms with Crippen molar-refractivity contribution in [1.82, 2.24) is 5.32 Å². The lowest BCUT2D eigenvalue weighted by Gasteiger charge is -2.32. The summed E-state index contributed by atoms with van der Waals surface area (Å²) in [5.41, 5.74) is 6.48. The Labute approximate surface area is 171 Å². The maximum absolute atomic E-state index is 12.7. The Morgan fingerprint density at radius 3 is 2.48 bits per heavy atom. The molecule has 4 rings (SSSR count). The number of allylic oxidation sites excluding steroid dienone is 4. The number of ether oxygens (including phenoxy) is 1. The summed E-state index contributed by atoms with van der Waals surface area (Å²) in [6, 6.07) is 18.4. The van der Waals surface area contributed by atoms with Crippen molar-refractivity contribution in [3.63, 3.8) is 0 Å². The second-order valence-electron chi connectivity index (χ2n) is 7.72. The number of dihydropyridines is 1. The molecule has 29 heavy (non-hydrogen) atoms. The molecule has 1 atom stereocenters. The molecule has 4 heteroatoms. The number of Topliss-reactive ketones (excluding diaryl/α,β-unsaturated/α-hetero) is 1. The molecule has 0 radical (unpaired) electrons. The molecule has 0 unspecified atom stereocenters. The number of nitrogens with zero attached hydrogens (tertiary/aromatic N) is 1. The molecule has 0 spiro atoms. The van der Waals surface area contributed by atoms with Gasteiger partial charge in [0.1, 0.15) is 12.4 Å². The zero-order valence-electron chi connectivity index (χ0n) is 16.8. The van der Waals surface area contributed by atoms with E-state index in [0.29, 0.717) is 18.6 Å². The summed E-state index contributed by atoms with van der Waals surface area (Å²) in [6.07, 6.45) is 2.26. The Morgan fingerprint density at radius 2 is 1.79 bits per heavy atom. The van der Waals surface area contributed by atoms with E-state index in [9.17, 15) is 10.1 Å². The lowest BCUT2D eigenvalue weighted by Crippen LogP contribution is -2.31. The van der Waals surface area contributed by atoms with Gasteiger partial charge in [-0.05, 0) is 49.9 Å². The summed E-state index contributed by atoms with van der Waals surface area (Å²) >= 11 is 0. The number of rotatable bonds is 4. The van der Waals surface area contributed by atoms with E-state index in [1.54, 1.807) is 0 Å². The number of benzene rings is 2. The van der Waals surface area contributed by atoms with Crippen LogP contribution in [-0.4, -0.2) is 5.78 Å². The highest BCUT2D eigenvalue weighted by atomic mass is 16.5. The summed E-state index contributed by atoms with van der Waals surface area (Å²) < 4.78 is 5.91. The molecule has 2 aliphatic rings. The van der Waals surface area contributed by atoms with Gasteiger partial charge in [-0.3, -0.25) is 4.79 Å². The smallest absolute Gasteiger partial charge is 0.161 e. The number of carbonyl (C=O) groups is 1. The second-order valence-corrected chi connectivity index (χ2v) is 7.72. The Balaban J connectivity index is 1.58. The van der Waals surface area contributed by atoms with Gasteiger partial charge in [0.05, 0.1) is 17.6 Å². The molecule has 0 fully saturated rings. The molecule has 0 amide bonds. The van der Waals surface area contributed by atoms with Crippen LogP contribution in [-0.2, 0) is 11.4 Å². The van der Waals surface area contributed by atoms with Crippen LogP contribution in [0.2, 0.25) is 0 Å². The molecule has 1 N–H and O–H groups in total. The molecule has 1 aliphatic heterocycles. The third-order valence-electron chi connectivity index (χ3n) is 5.64. The highest BCUT2D eigenvalue weighted by Crippen LogP contribution is 2.42. The molecule has 0 saturated heterocycles. The lowest BCUT2D eigenvalue weighted by atomic mass is 9.76. The van der Waals surface area contributed by atoms with Crippen molar-refractivity contribution in [2.24, 2.45) is 0 Å². The third-order valence-corrected chi connectivity index (χ3v) is 5.64. The predicted molar refractivity (Wildman–Crippen MR) is 112 cm³/mol. The van der Waals surface area contributed by atoms with Gasteiger partial charge in [0.25, 0.3) is 0 Å². The van der Waals surface area contributed by atoms with E-state index in [0.717, 1.165) is 46.7 Å². The Bertz CT molecular complexity index is 1040. The van der Waals surface area contributed by atoms with E-state index in [1.165, 1.54) is 5.56 Å². The van der Waals surface area contributed by atoms with Crippen molar-refractivity contribution in [2.75, 3.05) is 0 Å². The van der Waals surface area contributed by atoms with E-state index in [1.807, 2.05) is 31.2 Å². The number of hydrogen-bond donors (Lipinski definition) is 1. The number of nitrogens with one attached hydrogen (secondary N) is 1. The van der Waals surface area contributed by atoms with E-state index in [2.05, 4.69) is 42.6 Å². The minimum Gasteiger partial charge on any atom is -0.489 e. The third kappa shape index (κ3) is 3.82. The highest BCUT2D eigenvalue weighted by molar-refractivity contribution is 5.99. The van der Waals surface area contributed by atoms with E-state index in [4.69, 9.17) is 4.74 Å². The number of hydrogen-bond acceptors (Lipinski definition) is 4. The van der Waals surface area contributed by atoms with Gasteiger partial charge in [-0.15, -0.1) is 0 Å². The van der Waals surface area contributed by atoms with Crippen LogP contribution in [0.15, 0.2) is 71.1 Å². The van der Waals surface area contributed by atoms with Gasteiger partial charge in [-0.2, -0.15) is 5.26 Å². The summed E-state index contributed by atoms with van der Waals surface area (Å²) in [5, 5.41) is 13.0. The van der Waals surface area contributed by atoms with Gasteiger partial charge < -0.3 is 10.1 Å². The molecule has 2 aromatic rings. The Morgan fingerprint density at radius 1 is 1.07 bits per heavy atom. The van der Waals surface area contributed by atoms with E-state index < -0.39 is 0 Å². The first kappa shape index (κ1) is 19.0. The van der Waals surface area contributed by atoms with Crippen LogP contribution in [0.1, 0.15) is 48.8 Å². The molecular weight excluding hydrogens is 360 g/mol. The van der Waals surface area contributed by atoms with Gasteiger partial charge in [-0.25, -0.2) is 0 Å². The van der Waals surface area contributed by atoms with Crippen molar-refractivity contribution in [3.05, 3.63) is 87.8 Å². The molecule has 0 bridgehead atoms. The first-order chi connectivity index (χ1) is 14.1. The topological polar surface area (TPSA) is 62.1 Å². The minimum atomic E-state index is -0.296. The van der Waals surface area contributed by atoms with Crippen LogP contribution in [0.5, 0.6) is 5.75 Å². The first-order valence-electron chi connectivity index (χ1n) is 9.99. The minimum absolute atomic E-state index is 0.142. The SMILES string of the molecule is CC1=C(C#N)[C@H](c2ccc(OCc3ccc(C)cc3)cc2)C2=C(CCCC2=O)N1. The van der Waals surface area contributed by atoms with Gasteiger partial charge >= 0.3 is 0 Å². The molecule has 0 saturated carbocycles. The quantitative estimate of drug-likeness (QED) is 0.800. The molecule has 2 aromatic carbocycles. The zero-order chi connectivity index (χ0) is 20.4. The van der Waals surface area contributed by atoms with Gasteiger partial charge in [0, 0.05) is 23.4 Å².